The van der Waals surface area contributed by atoms with E-state index in [1.165, 1.54) is 11.8 Å². The average Bonchev–Trinajstić information content (AvgIpc) is 3.31. The van der Waals surface area contributed by atoms with Gasteiger partial charge < -0.3 is 18.9 Å². The Hall–Kier alpha value is -3.13. The number of ether oxygens (including phenoxy) is 4. The number of amidine groups is 1. The highest BCUT2D eigenvalue weighted by atomic mass is 32.2. The van der Waals surface area contributed by atoms with E-state index in [2.05, 4.69) is 4.99 Å². The summed E-state index contributed by atoms with van der Waals surface area (Å²) in [7, 11) is 3.20. The second kappa shape index (κ2) is 8.08. The zero-order chi connectivity index (χ0) is 20.4. The molecule has 29 heavy (non-hydrogen) atoms. The summed E-state index contributed by atoms with van der Waals surface area (Å²) >= 11 is 1.33. The summed E-state index contributed by atoms with van der Waals surface area (Å²) in [5.74, 6) is 2.54. The Morgan fingerprint density at radius 1 is 1.14 bits per heavy atom. The number of amides is 1. The lowest BCUT2D eigenvalue weighted by molar-refractivity contribution is -0.122. The van der Waals surface area contributed by atoms with Gasteiger partial charge >= 0.3 is 0 Å². The molecule has 0 atom stereocenters. The summed E-state index contributed by atoms with van der Waals surface area (Å²) in [4.78, 5) is 19.8. The summed E-state index contributed by atoms with van der Waals surface area (Å²) in [5.41, 5.74) is 1.50. The number of likely N-dealkylation sites (N-methyl/N-ethyl adjacent to an activating group) is 1. The van der Waals surface area contributed by atoms with Gasteiger partial charge in [0.05, 0.1) is 24.8 Å². The van der Waals surface area contributed by atoms with E-state index in [0.29, 0.717) is 33.9 Å². The van der Waals surface area contributed by atoms with Gasteiger partial charge in [-0.25, -0.2) is 4.99 Å². The van der Waals surface area contributed by atoms with Gasteiger partial charge in [-0.3, -0.25) is 9.69 Å². The highest BCUT2D eigenvalue weighted by molar-refractivity contribution is 8.18. The Morgan fingerprint density at radius 3 is 2.52 bits per heavy atom. The van der Waals surface area contributed by atoms with Crippen molar-refractivity contribution in [3.05, 3.63) is 46.9 Å². The van der Waals surface area contributed by atoms with Crippen molar-refractivity contribution in [1.82, 2.24) is 4.90 Å². The maximum absolute atomic E-state index is 12.9. The third-order valence-electron chi connectivity index (χ3n) is 4.51. The second-order valence-electron chi connectivity index (χ2n) is 6.20. The van der Waals surface area contributed by atoms with Crippen molar-refractivity contribution in [3.8, 4) is 23.0 Å². The molecule has 0 aliphatic carbocycles. The van der Waals surface area contributed by atoms with Gasteiger partial charge in [0.15, 0.2) is 16.7 Å². The first-order chi connectivity index (χ1) is 14.1. The Morgan fingerprint density at radius 2 is 1.86 bits per heavy atom. The number of carbonyl (C=O) groups excluding carboxylic acids is 1. The minimum absolute atomic E-state index is 0.0931. The first-order valence-electron chi connectivity index (χ1n) is 9.04. The average molecular weight is 412 g/mol. The normalized spacial score (nSPS) is 18.0. The number of benzene rings is 2. The van der Waals surface area contributed by atoms with E-state index in [-0.39, 0.29) is 12.7 Å². The zero-order valence-electron chi connectivity index (χ0n) is 16.3. The Labute approximate surface area is 172 Å². The predicted molar refractivity (Wildman–Crippen MR) is 112 cm³/mol. The molecule has 0 radical (unpaired) electrons. The first kappa shape index (κ1) is 19.2. The summed E-state index contributed by atoms with van der Waals surface area (Å²) < 4.78 is 21.5. The number of rotatable bonds is 5. The third-order valence-corrected chi connectivity index (χ3v) is 5.52. The van der Waals surface area contributed by atoms with Crippen LogP contribution in [0.3, 0.4) is 0 Å². The molecule has 1 saturated heterocycles. The van der Waals surface area contributed by atoms with Crippen LogP contribution in [0.15, 0.2) is 46.3 Å². The van der Waals surface area contributed by atoms with Crippen LogP contribution in [0.2, 0.25) is 0 Å². The number of hydrogen-bond acceptors (Lipinski definition) is 7. The molecule has 2 heterocycles. The fourth-order valence-corrected chi connectivity index (χ4v) is 4.06. The summed E-state index contributed by atoms with van der Waals surface area (Å²) in [5, 5.41) is 0.633. The van der Waals surface area contributed by atoms with Crippen molar-refractivity contribution in [1.29, 1.82) is 0 Å². The first-order valence-corrected chi connectivity index (χ1v) is 9.86. The number of thioether (sulfide) groups is 1. The van der Waals surface area contributed by atoms with Gasteiger partial charge in [0.2, 0.25) is 6.79 Å². The molecule has 8 heteroatoms. The van der Waals surface area contributed by atoms with Crippen LogP contribution in [-0.4, -0.2) is 43.5 Å². The summed E-state index contributed by atoms with van der Waals surface area (Å²) in [6.45, 7) is 2.62. The van der Waals surface area contributed by atoms with Crippen molar-refractivity contribution in [2.75, 3.05) is 27.6 Å². The van der Waals surface area contributed by atoms with E-state index in [1.807, 2.05) is 37.3 Å². The van der Waals surface area contributed by atoms with Crippen LogP contribution in [0.4, 0.5) is 5.69 Å². The van der Waals surface area contributed by atoms with Gasteiger partial charge in [0.1, 0.15) is 11.5 Å². The number of nitrogens with zero attached hydrogens (tertiary/aromatic N) is 2. The number of methoxy groups -OCH3 is 2. The molecule has 4 rings (SSSR count). The molecular formula is C21H20N2O5S. The fourth-order valence-electron chi connectivity index (χ4n) is 3.01. The van der Waals surface area contributed by atoms with E-state index < -0.39 is 0 Å². The number of hydrogen-bond donors (Lipinski definition) is 0. The summed E-state index contributed by atoms with van der Waals surface area (Å²) in [6, 6.07) is 11.0. The predicted octanol–water partition coefficient (Wildman–Crippen LogP) is 4.06. The minimum atomic E-state index is -0.0931. The van der Waals surface area contributed by atoms with E-state index in [1.54, 1.807) is 31.3 Å². The van der Waals surface area contributed by atoms with Crippen molar-refractivity contribution in [2.24, 2.45) is 4.99 Å². The van der Waals surface area contributed by atoms with Crippen molar-refractivity contribution < 1.29 is 23.7 Å². The molecule has 0 N–H and O–H groups in total. The number of carbonyl (C=O) groups is 1. The lowest BCUT2D eigenvalue weighted by atomic mass is 10.1. The number of aliphatic imine (C=N–C) groups is 1. The maximum Gasteiger partial charge on any atom is 0.266 e. The van der Waals surface area contributed by atoms with Crippen LogP contribution in [0.1, 0.15) is 12.5 Å². The monoisotopic (exact) mass is 412 g/mol. The van der Waals surface area contributed by atoms with Gasteiger partial charge in [-0.2, -0.15) is 0 Å². The minimum Gasteiger partial charge on any atom is -0.497 e. The Balaban J connectivity index is 1.67. The molecule has 2 aliphatic rings. The topological polar surface area (TPSA) is 69.6 Å². The van der Waals surface area contributed by atoms with Crippen LogP contribution in [0.25, 0.3) is 6.08 Å². The molecular weight excluding hydrogens is 392 g/mol. The van der Waals surface area contributed by atoms with Gasteiger partial charge in [-0.15, -0.1) is 0 Å². The van der Waals surface area contributed by atoms with Gasteiger partial charge in [0.25, 0.3) is 5.91 Å². The molecule has 2 aromatic rings. The Kier molecular flexibility index (Phi) is 5.35. The standard InChI is InChI=1S/C21H20N2O5S/c1-4-23-20(24)19(29-21(23)22-14-5-7-15(25-2)8-6-14)10-13-9-17-18(28-12-27-17)11-16(13)26-3/h5-11H,4,12H2,1-3H3/b19-10-,22-21?. The van der Waals surface area contributed by atoms with Gasteiger partial charge in [-0.1, -0.05) is 0 Å². The molecule has 0 unspecified atom stereocenters. The third kappa shape index (κ3) is 3.75. The van der Waals surface area contributed by atoms with Crippen LogP contribution in [0, 0.1) is 0 Å². The molecule has 2 aliphatic heterocycles. The molecule has 1 amide bonds. The van der Waals surface area contributed by atoms with Crippen molar-refractivity contribution in [2.45, 2.75) is 6.92 Å². The molecule has 7 nitrogen and oxygen atoms in total. The highest BCUT2D eigenvalue weighted by Crippen LogP contribution is 2.41. The van der Waals surface area contributed by atoms with E-state index in [0.717, 1.165) is 17.0 Å². The smallest absolute Gasteiger partial charge is 0.266 e. The molecule has 2 aromatic carbocycles. The van der Waals surface area contributed by atoms with E-state index in [4.69, 9.17) is 18.9 Å². The molecule has 150 valence electrons. The lowest BCUT2D eigenvalue weighted by Gasteiger charge is -2.12. The van der Waals surface area contributed by atoms with Crippen LogP contribution < -0.4 is 18.9 Å². The molecule has 1 fully saturated rings. The fraction of sp³-hybridized carbons (Fsp3) is 0.238. The van der Waals surface area contributed by atoms with Gasteiger partial charge in [0, 0.05) is 18.2 Å². The van der Waals surface area contributed by atoms with Gasteiger partial charge in [-0.05, 0) is 55.1 Å². The number of fused-ring (bicyclic) bond motifs is 1. The molecule has 0 bridgehead atoms. The Bertz CT molecular complexity index is 1000. The molecule has 0 spiro atoms. The maximum atomic E-state index is 12.9. The highest BCUT2D eigenvalue weighted by Gasteiger charge is 2.32. The molecule has 0 aromatic heterocycles. The van der Waals surface area contributed by atoms with Crippen LogP contribution >= 0.6 is 11.8 Å². The summed E-state index contributed by atoms with van der Waals surface area (Å²) in [6.07, 6.45) is 1.80. The van der Waals surface area contributed by atoms with E-state index in [9.17, 15) is 4.79 Å². The van der Waals surface area contributed by atoms with E-state index >= 15 is 0 Å². The van der Waals surface area contributed by atoms with Crippen molar-refractivity contribution >= 4 is 34.6 Å². The SMILES string of the molecule is CCN1C(=O)/C(=C/c2cc3c(cc2OC)OCO3)SC1=Nc1ccc(OC)cc1. The van der Waals surface area contributed by atoms with Crippen LogP contribution in [0.5, 0.6) is 23.0 Å². The second-order valence-corrected chi connectivity index (χ2v) is 7.21. The quantitative estimate of drug-likeness (QED) is 0.690. The molecule has 0 saturated carbocycles. The largest absolute Gasteiger partial charge is 0.497 e. The lowest BCUT2D eigenvalue weighted by Crippen LogP contribution is -2.28. The van der Waals surface area contributed by atoms with Crippen LogP contribution in [-0.2, 0) is 4.79 Å². The van der Waals surface area contributed by atoms with Crippen molar-refractivity contribution in [3.63, 3.8) is 0 Å². The zero-order valence-corrected chi connectivity index (χ0v) is 17.1.